The fourth-order valence-corrected chi connectivity index (χ4v) is 4.26. The quantitative estimate of drug-likeness (QED) is 0.323. The lowest BCUT2D eigenvalue weighted by molar-refractivity contribution is 0.307. The molecule has 0 saturated carbocycles. The monoisotopic (exact) mass is 415 g/mol. The molecule has 0 fully saturated rings. The smallest absolute Gasteiger partial charge is 0.191 e. The van der Waals surface area contributed by atoms with Crippen molar-refractivity contribution in [3.63, 3.8) is 0 Å². The van der Waals surface area contributed by atoms with E-state index in [-0.39, 0.29) is 0 Å². The van der Waals surface area contributed by atoms with Crippen molar-refractivity contribution in [2.75, 3.05) is 6.61 Å². The van der Waals surface area contributed by atoms with Crippen LogP contribution in [0.15, 0.2) is 47.6 Å². The van der Waals surface area contributed by atoms with E-state index in [0.717, 1.165) is 52.5 Å². The highest BCUT2D eigenvalue weighted by Crippen LogP contribution is 2.24. The standard InChI is InChI=1S/C22H26ClN3OS/c1-4-26-21(9-6-12-27-20-11-10-19(23)14-17(20)3)24-25-22(26)28-15-18-8-5-7-16(2)13-18/h5,7-8,10-11,13-14H,4,6,9,12,15H2,1-3H3. The van der Waals surface area contributed by atoms with E-state index in [9.17, 15) is 0 Å². The van der Waals surface area contributed by atoms with Crippen LogP contribution in [0.25, 0.3) is 0 Å². The van der Waals surface area contributed by atoms with Crippen molar-refractivity contribution in [1.29, 1.82) is 0 Å². The molecular formula is C22H26ClN3OS. The summed E-state index contributed by atoms with van der Waals surface area (Å²) in [4.78, 5) is 0. The molecule has 2 aromatic carbocycles. The summed E-state index contributed by atoms with van der Waals surface area (Å²) in [7, 11) is 0. The maximum Gasteiger partial charge on any atom is 0.191 e. The summed E-state index contributed by atoms with van der Waals surface area (Å²) in [6, 6.07) is 14.3. The van der Waals surface area contributed by atoms with E-state index in [0.29, 0.717) is 6.61 Å². The molecule has 0 aliphatic rings. The van der Waals surface area contributed by atoms with Gasteiger partial charge in [-0.2, -0.15) is 0 Å². The Morgan fingerprint density at radius 3 is 2.71 bits per heavy atom. The first-order valence-corrected chi connectivity index (χ1v) is 10.9. The van der Waals surface area contributed by atoms with E-state index < -0.39 is 0 Å². The predicted molar refractivity (Wildman–Crippen MR) is 116 cm³/mol. The Balaban J connectivity index is 1.53. The van der Waals surface area contributed by atoms with Crippen LogP contribution in [0.5, 0.6) is 5.75 Å². The average molecular weight is 416 g/mol. The van der Waals surface area contributed by atoms with Gasteiger partial charge in [-0.05, 0) is 56.5 Å². The van der Waals surface area contributed by atoms with Crippen LogP contribution < -0.4 is 4.74 Å². The summed E-state index contributed by atoms with van der Waals surface area (Å²) in [6.45, 7) is 7.78. The molecule has 0 saturated heterocycles. The molecule has 6 heteroatoms. The Kier molecular flexibility index (Phi) is 7.40. The molecule has 3 aromatic rings. The average Bonchev–Trinajstić information content (AvgIpc) is 3.07. The molecule has 0 atom stereocenters. The van der Waals surface area contributed by atoms with Crippen molar-refractivity contribution in [2.45, 2.75) is 51.1 Å². The molecular weight excluding hydrogens is 390 g/mol. The molecule has 148 valence electrons. The van der Waals surface area contributed by atoms with E-state index in [1.54, 1.807) is 11.8 Å². The third-order valence-electron chi connectivity index (χ3n) is 4.50. The van der Waals surface area contributed by atoms with Crippen LogP contribution in [0.4, 0.5) is 0 Å². The number of hydrogen-bond donors (Lipinski definition) is 0. The maximum atomic E-state index is 5.99. The third-order valence-corrected chi connectivity index (χ3v) is 5.77. The lowest BCUT2D eigenvalue weighted by Crippen LogP contribution is -2.06. The minimum atomic E-state index is 0.644. The van der Waals surface area contributed by atoms with Gasteiger partial charge in [-0.1, -0.05) is 53.2 Å². The number of rotatable bonds is 9. The number of hydrogen-bond acceptors (Lipinski definition) is 4. The zero-order chi connectivity index (χ0) is 19.9. The van der Waals surface area contributed by atoms with Crippen LogP contribution in [0, 0.1) is 13.8 Å². The number of halogens is 1. The summed E-state index contributed by atoms with van der Waals surface area (Å²) < 4.78 is 8.09. The Labute approximate surface area is 176 Å². The summed E-state index contributed by atoms with van der Waals surface area (Å²) >= 11 is 7.73. The van der Waals surface area contributed by atoms with Crippen LogP contribution in [-0.4, -0.2) is 21.4 Å². The molecule has 0 spiro atoms. The van der Waals surface area contributed by atoms with Gasteiger partial charge in [0.1, 0.15) is 11.6 Å². The molecule has 1 heterocycles. The van der Waals surface area contributed by atoms with Gasteiger partial charge in [-0.25, -0.2) is 0 Å². The third kappa shape index (κ3) is 5.52. The summed E-state index contributed by atoms with van der Waals surface area (Å²) in [5.74, 6) is 2.81. The van der Waals surface area contributed by atoms with E-state index in [1.165, 1.54) is 11.1 Å². The van der Waals surface area contributed by atoms with Gasteiger partial charge in [0.05, 0.1) is 6.61 Å². The molecule has 0 aliphatic carbocycles. The highest BCUT2D eigenvalue weighted by atomic mass is 35.5. The molecule has 0 unspecified atom stereocenters. The van der Waals surface area contributed by atoms with Crippen molar-refractivity contribution < 1.29 is 4.74 Å². The maximum absolute atomic E-state index is 5.99. The molecule has 3 rings (SSSR count). The Bertz CT molecular complexity index is 926. The van der Waals surface area contributed by atoms with E-state index in [2.05, 4.69) is 52.9 Å². The molecule has 4 nitrogen and oxygen atoms in total. The zero-order valence-corrected chi connectivity index (χ0v) is 18.2. The highest BCUT2D eigenvalue weighted by molar-refractivity contribution is 7.98. The molecule has 1 aromatic heterocycles. The van der Waals surface area contributed by atoms with Gasteiger partial charge in [0, 0.05) is 23.7 Å². The number of thioether (sulfide) groups is 1. The Morgan fingerprint density at radius 1 is 1.11 bits per heavy atom. The first-order chi connectivity index (χ1) is 13.6. The number of nitrogens with zero attached hydrogens (tertiary/aromatic N) is 3. The molecule has 0 amide bonds. The normalized spacial score (nSPS) is 11.0. The summed E-state index contributed by atoms with van der Waals surface area (Å²) in [6.07, 6.45) is 1.74. The van der Waals surface area contributed by atoms with Crippen LogP contribution in [0.3, 0.4) is 0 Å². The van der Waals surface area contributed by atoms with Crippen molar-refractivity contribution in [1.82, 2.24) is 14.8 Å². The molecule has 0 bridgehead atoms. The van der Waals surface area contributed by atoms with Gasteiger partial charge in [-0.3, -0.25) is 0 Å². The van der Waals surface area contributed by atoms with Crippen LogP contribution >= 0.6 is 23.4 Å². The van der Waals surface area contributed by atoms with Gasteiger partial charge >= 0.3 is 0 Å². The fraction of sp³-hybridized carbons (Fsp3) is 0.364. The lowest BCUT2D eigenvalue weighted by atomic mass is 10.2. The summed E-state index contributed by atoms with van der Waals surface area (Å²) in [5, 5.41) is 10.5. The van der Waals surface area contributed by atoms with Crippen LogP contribution in [-0.2, 0) is 18.7 Å². The van der Waals surface area contributed by atoms with Gasteiger partial charge in [0.25, 0.3) is 0 Å². The van der Waals surface area contributed by atoms with E-state index >= 15 is 0 Å². The molecule has 28 heavy (non-hydrogen) atoms. The predicted octanol–water partition coefficient (Wildman–Crippen LogP) is 5.87. The second-order valence-corrected chi connectivity index (χ2v) is 8.16. The largest absolute Gasteiger partial charge is 0.493 e. The Hall–Kier alpha value is -1.98. The zero-order valence-electron chi connectivity index (χ0n) is 16.6. The van der Waals surface area contributed by atoms with Crippen molar-refractivity contribution >= 4 is 23.4 Å². The summed E-state index contributed by atoms with van der Waals surface area (Å²) in [5.41, 5.74) is 3.65. The minimum Gasteiger partial charge on any atom is -0.493 e. The lowest BCUT2D eigenvalue weighted by Gasteiger charge is -2.10. The number of aromatic nitrogens is 3. The van der Waals surface area contributed by atoms with E-state index in [1.807, 2.05) is 25.1 Å². The number of ether oxygens (including phenoxy) is 1. The first kappa shape index (κ1) is 20.7. The van der Waals surface area contributed by atoms with Crippen molar-refractivity contribution in [2.24, 2.45) is 0 Å². The number of benzene rings is 2. The van der Waals surface area contributed by atoms with Gasteiger partial charge in [0.2, 0.25) is 0 Å². The number of aryl methyl sites for hydroxylation is 3. The molecule has 0 radical (unpaired) electrons. The van der Waals surface area contributed by atoms with E-state index in [4.69, 9.17) is 16.3 Å². The first-order valence-electron chi connectivity index (χ1n) is 9.56. The second kappa shape index (κ2) is 9.99. The molecule has 0 N–H and O–H groups in total. The SMILES string of the molecule is CCn1c(CCCOc2ccc(Cl)cc2C)nnc1SCc1cccc(C)c1. The van der Waals surface area contributed by atoms with Crippen molar-refractivity contribution in [3.8, 4) is 5.75 Å². The van der Waals surface area contributed by atoms with Crippen molar-refractivity contribution in [3.05, 3.63) is 70.0 Å². The van der Waals surface area contributed by atoms with Crippen LogP contribution in [0.2, 0.25) is 5.02 Å². The molecule has 0 aliphatic heterocycles. The van der Waals surface area contributed by atoms with Gasteiger partial charge < -0.3 is 9.30 Å². The minimum absolute atomic E-state index is 0.644. The Morgan fingerprint density at radius 2 is 1.96 bits per heavy atom. The fourth-order valence-electron chi connectivity index (χ4n) is 3.07. The highest BCUT2D eigenvalue weighted by Gasteiger charge is 2.11. The van der Waals surface area contributed by atoms with Gasteiger partial charge in [-0.15, -0.1) is 10.2 Å². The van der Waals surface area contributed by atoms with Crippen LogP contribution in [0.1, 0.15) is 35.9 Å². The van der Waals surface area contributed by atoms with Gasteiger partial charge in [0.15, 0.2) is 5.16 Å². The topological polar surface area (TPSA) is 39.9 Å². The second-order valence-electron chi connectivity index (χ2n) is 6.78.